The van der Waals surface area contributed by atoms with Crippen molar-refractivity contribution in [3.63, 3.8) is 0 Å². The lowest BCUT2D eigenvalue weighted by Gasteiger charge is -2.11. The lowest BCUT2D eigenvalue weighted by molar-refractivity contribution is 0.474. The van der Waals surface area contributed by atoms with E-state index in [0.717, 1.165) is 17.5 Å². The van der Waals surface area contributed by atoms with Crippen LogP contribution in [0, 0.1) is 20.8 Å². The molecule has 88 valence electrons. The molecule has 17 heavy (non-hydrogen) atoms. The smallest absolute Gasteiger partial charge is 0.116 e. The molecule has 0 amide bonds. The SMILES string of the molecule is Cc1cccc(Cc2c(C)cc(O)cc2C)c1. The normalized spacial score (nSPS) is 10.5. The van der Waals surface area contributed by atoms with Gasteiger partial charge in [0.25, 0.3) is 0 Å². The van der Waals surface area contributed by atoms with Crippen molar-refractivity contribution in [2.45, 2.75) is 27.2 Å². The summed E-state index contributed by atoms with van der Waals surface area (Å²) in [6.45, 7) is 6.22. The number of benzene rings is 2. The van der Waals surface area contributed by atoms with Crippen molar-refractivity contribution >= 4 is 0 Å². The number of aryl methyl sites for hydroxylation is 3. The molecule has 1 nitrogen and oxygen atoms in total. The summed E-state index contributed by atoms with van der Waals surface area (Å²) in [5, 5.41) is 9.53. The second kappa shape index (κ2) is 4.62. The van der Waals surface area contributed by atoms with Gasteiger partial charge in [0, 0.05) is 0 Å². The van der Waals surface area contributed by atoms with Crippen LogP contribution in [0.25, 0.3) is 0 Å². The Labute approximate surface area is 103 Å². The Kier molecular flexibility index (Phi) is 3.19. The molecular formula is C16H18O. The molecule has 0 aliphatic rings. The zero-order chi connectivity index (χ0) is 12.4. The summed E-state index contributed by atoms with van der Waals surface area (Å²) in [4.78, 5) is 0. The summed E-state index contributed by atoms with van der Waals surface area (Å²) >= 11 is 0. The summed E-state index contributed by atoms with van der Waals surface area (Å²) in [5.74, 6) is 0.355. The molecule has 2 aromatic rings. The van der Waals surface area contributed by atoms with Crippen LogP contribution in [0.4, 0.5) is 0 Å². The number of rotatable bonds is 2. The zero-order valence-electron chi connectivity index (χ0n) is 10.6. The van der Waals surface area contributed by atoms with Gasteiger partial charge < -0.3 is 5.11 Å². The van der Waals surface area contributed by atoms with Crippen molar-refractivity contribution in [1.82, 2.24) is 0 Å². The number of hydrogen-bond donors (Lipinski definition) is 1. The molecule has 1 N–H and O–H groups in total. The van der Waals surface area contributed by atoms with E-state index in [-0.39, 0.29) is 0 Å². The van der Waals surface area contributed by atoms with Crippen LogP contribution in [-0.2, 0) is 6.42 Å². The largest absolute Gasteiger partial charge is 0.508 e. The average molecular weight is 226 g/mol. The third kappa shape index (κ3) is 2.68. The number of aromatic hydroxyl groups is 1. The Bertz CT molecular complexity index is 518. The van der Waals surface area contributed by atoms with Crippen LogP contribution in [0.15, 0.2) is 36.4 Å². The molecule has 0 aliphatic heterocycles. The maximum absolute atomic E-state index is 9.53. The molecule has 0 bridgehead atoms. The van der Waals surface area contributed by atoms with Gasteiger partial charge in [-0.2, -0.15) is 0 Å². The fourth-order valence-corrected chi connectivity index (χ4v) is 2.28. The molecule has 0 aliphatic carbocycles. The van der Waals surface area contributed by atoms with E-state index in [9.17, 15) is 5.11 Å². The average Bonchev–Trinajstić information content (AvgIpc) is 2.23. The Morgan fingerprint density at radius 3 is 2.18 bits per heavy atom. The molecule has 0 fully saturated rings. The summed E-state index contributed by atoms with van der Waals surface area (Å²) in [7, 11) is 0. The maximum atomic E-state index is 9.53. The van der Waals surface area contributed by atoms with Crippen LogP contribution >= 0.6 is 0 Å². The second-order valence-electron chi connectivity index (χ2n) is 4.72. The zero-order valence-corrected chi connectivity index (χ0v) is 10.6. The van der Waals surface area contributed by atoms with Gasteiger partial charge >= 0.3 is 0 Å². The standard InChI is InChI=1S/C16H18O/c1-11-5-4-6-14(7-11)10-16-12(2)8-15(17)9-13(16)3/h4-9,17H,10H2,1-3H3. The molecular weight excluding hydrogens is 208 g/mol. The molecule has 0 saturated heterocycles. The molecule has 0 unspecified atom stereocenters. The highest BCUT2D eigenvalue weighted by atomic mass is 16.3. The Morgan fingerprint density at radius 1 is 0.941 bits per heavy atom. The Balaban J connectivity index is 2.36. The van der Waals surface area contributed by atoms with E-state index in [1.807, 2.05) is 12.1 Å². The van der Waals surface area contributed by atoms with Gasteiger partial charge in [-0.15, -0.1) is 0 Å². The van der Waals surface area contributed by atoms with E-state index in [1.54, 1.807) is 0 Å². The third-order valence-electron chi connectivity index (χ3n) is 3.14. The fourth-order valence-electron chi connectivity index (χ4n) is 2.28. The first-order valence-corrected chi connectivity index (χ1v) is 5.91. The van der Waals surface area contributed by atoms with Crippen molar-refractivity contribution in [2.24, 2.45) is 0 Å². The highest BCUT2D eigenvalue weighted by molar-refractivity contribution is 5.43. The summed E-state index contributed by atoms with van der Waals surface area (Å²) in [6.07, 6.45) is 0.930. The van der Waals surface area contributed by atoms with Crippen LogP contribution in [0.5, 0.6) is 5.75 Å². The minimum atomic E-state index is 0.355. The lowest BCUT2D eigenvalue weighted by atomic mass is 9.95. The maximum Gasteiger partial charge on any atom is 0.116 e. The number of phenols is 1. The van der Waals surface area contributed by atoms with E-state index in [1.165, 1.54) is 16.7 Å². The van der Waals surface area contributed by atoms with Gasteiger partial charge in [0.15, 0.2) is 0 Å². The quantitative estimate of drug-likeness (QED) is 0.823. The van der Waals surface area contributed by atoms with Gasteiger partial charge in [0.05, 0.1) is 0 Å². The van der Waals surface area contributed by atoms with E-state index in [2.05, 4.69) is 45.0 Å². The van der Waals surface area contributed by atoms with Crippen molar-refractivity contribution in [3.05, 3.63) is 64.2 Å². The predicted molar refractivity (Wildman–Crippen MR) is 71.6 cm³/mol. The number of phenolic OH excluding ortho intramolecular Hbond substituents is 1. The van der Waals surface area contributed by atoms with Crippen molar-refractivity contribution in [3.8, 4) is 5.75 Å². The van der Waals surface area contributed by atoms with E-state index < -0.39 is 0 Å². The van der Waals surface area contributed by atoms with Gasteiger partial charge in [0.1, 0.15) is 5.75 Å². The van der Waals surface area contributed by atoms with Gasteiger partial charge in [-0.1, -0.05) is 29.8 Å². The molecule has 0 spiro atoms. The molecule has 2 aromatic carbocycles. The fraction of sp³-hybridized carbons (Fsp3) is 0.250. The molecule has 0 heterocycles. The van der Waals surface area contributed by atoms with Crippen LogP contribution in [0.1, 0.15) is 27.8 Å². The van der Waals surface area contributed by atoms with Crippen LogP contribution in [-0.4, -0.2) is 5.11 Å². The topological polar surface area (TPSA) is 20.2 Å². The summed E-state index contributed by atoms with van der Waals surface area (Å²) < 4.78 is 0. The molecule has 2 rings (SSSR count). The molecule has 0 aromatic heterocycles. The highest BCUT2D eigenvalue weighted by Gasteiger charge is 2.06. The number of hydrogen-bond acceptors (Lipinski definition) is 1. The van der Waals surface area contributed by atoms with Gasteiger partial charge in [0.2, 0.25) is 0 Å². The van der Waals surface area contributed by atoms with Crippen LogP contribution in [0.3, 0.4) is 0 Å². The molecule has 0 atom stereocenters. The monoisotopic (exact) mass is 226 g/mol. The third-order valence-corrected chi connectivity index (χ3v) is 3.14. The van der Waals surface area contributed by atoms with Gasteiger partial charge in [-0.3, -0.25) is 0 Å². The Hall–Kier alpha value is -1.76. The summed E-state index contributed by atoms with van der Waals surface area (Å²) in [6, 6.07) is 12.2. The minimum absolute atomic E-state index is 0.355. The van der Waals surface area contributed by atoms with Crippen LogP contribution in [0.2, 0.25) is 0 Å². The van der Waals surface area contributed by atoms with E-state index >= 15 is 0 Å². The molecule has 1 heteroatoms. The van der Waals surface area contributed by atoms with Crippen LogP contribution < -0.4 is 0 Å². The van der Waals surface area contributed by atoms with Gasteiger partial charge in [-0.05, 0) is 61.6 Å². The highest BCUT2D eigenvalue weighted by Crippen LogP contribution is 2.23. The van der Waals surface area contributed by atoms with E-state index in [0.29, 0.717) is 5.75 Å². The Morgan fingerprint density at radius 2 is 1.59 bits per heavy atom. The van der Waals surface area contributed by atoms with Crippen molar-refractivity contribution in [1.29, 1.82) is 0 Å². The van der Waals surface area contributed by atoms with Crippen molar-refractivity contribution in [2.75, 3.05) is 0 Å². The molecule has 0 radical (unpaired) electrons. The van der Waals surface area contributed by atoms with E-state index in [4.69, 9.17) is 0 Å². The first kappa shape index (κ1) is 11.7. The first-order chi connectivity index (χ1) is 8.06. The minimum Gasteiger partial charge on any atom is -0.508 e. The summed E-state index contributed by atoms with van der Waals surface area (Å²) in [5.41, 5.74) is 6.24. The molecule has 0 saturated carbocycles. The second-order valence-corrected chi connectivity index (χ2v) is 4.72. The van der Waals surface area contributed by atoms with Gasteiger partial charge in [-0.25, -0.2) is 0 Å². The predicted octanol–water partition coefficient (Wildman–Crippen LogP) is 3.91. The van der Waals surface area contributed by atoms with Crippen molar-refractivity contribution < 1.29 is 5.11 Å². The first-order valence-electron chi connectivity index (χ1n) is 5.91. The lowest BCUT2D eigenvalue weighted by Crippen LogP contribution is -1.96.